The smallest absolute Gasteiger partial charge is 0.342 e. The standard InChI is InChI=1S/C19H15NO6S/c1-3-25-27(22,23)18(20-2)11-15-8-14-9-16-12-24-7-5-4-6-13(16)10-17(14)26-19(15)21/h8-11H,3,5,7,12H2,1H3/b18-11-. The van der Waals surface area contributed by atoms with E-state index in [1.807, 2.05) is 0 Å². The van der Waals surface area contributed by atoms with Crippen LogP contribution in [0.1, 0.15) is 30.0 Å². The molecule has 1 aliphatic rings. The highest BCUT2D eigenvalue weighted by Crippen LogP contribution is 2.23. The molecule has 0 saturated heterocycles. The number of fused-ring (bicyclic) bond motifs is 2. The summed E-state index contributed by atoms with van der Waals surface area (Å²) in [6.45, 7) is 9.36. The molecular formula is C19H15NO6S. The van der Waals surface area contributed by atoms with Crippen molar-refractivity contribution in [2.24, 2.45) is 0 Å². The Balaban J connectivity index is 2.15. The Kier molecular flexibility index (Phi) is 5.43. The van der Waals surface area contributed by atoms with Gasteiger partial charge in [-0.15, -0.1) is 0 Å². The highest BCUT2D eigenvalue weighted by atomic mass is 32.2. The van der Waals surface area contributed by atoms with Crippen LogP contribution in [0.25, 0.3) is 21.9 Å². The summed E-state index contributed by atoms with van der Waals surface area (Å²) in [4.78, 5) is 15.2. The third kappa shape index (κ3) is 4.09. The predicted octanol–water partition coefficient (Wildman–Crippen LogP) is 2.65. The third-order valence-electron chi connectivity index (χ3n) is 3.76. The van der Waals surface area contributed by atoms with Crippen molar-refractivity contribution in [3.8, 4) is 11.8 Å². The highest BCUT2D eigenvalue weighted by Gasteiger charge is 2.20. The molecule has 0 aliphatic carbocycles. The van der Waals surface area contributed by atoms with E-state index in [2.05, 4.69) is 20.9 Å². The molecule has 0 N–H and O–H groups in total. The van der Waals surface area contributed by atoms with Crippen molar-refractivity contribution in [1.82, 2.24) is 0 Å². The van der Waals surface area contributed by atoms with Crippen LogP contribution in [0.15, 0.2) is 32.4 Å². The minimum atomic E-state index is -4.23. The third-order valence-corrected chi connectivity index (χ3v) is 5.02. The summed E-state index contributed by atoms with van der Waals surface area (Å²) in [7, 11) is -4.23. The monoisotopic (exact) mass is 385 g/mol. The summed E-state index contributed by atoms with van der Waals surface area (Å²) >= 11 is 0. The lowest BCUT2D eigenvalue weighted by molar-refractivity contribution is 0.126. The number of nitrogens with zero attached hydrogens (tertiary/aromatic N) is 1. The van der Waals surface area contributed by atoms with Crippen molar-refractivity contribution in [1.29, 1.82) is 0 Å². The summed E-state index contributed by atoms with van der Waals surface area (Å²) in [5.41, 5.74) is 1.06. The van der Waals surface area contributed by atoms with Crippen LogP contribution in [-0.4, -0.2) is 21.6 Å². The largest absolute Gasteiger partial charge is 0.422 e. The van der Waals surface area contributed by atoms with E-state index >= 15 is 0 Å². The van der Waals surface area contributed by atoms with E-state index in [-0.39, 0.29) is 12.2 Å². The van der Waals surface area contributed by atoms with Crippen LogP contribution in [0.5, 0.6) is 0 Å². The minimum Gasteiger partial charge on any atom is -0.422 e. The van der Waals surface area contributed by atoms with Gasteiger partial charge in [0.15, 0.2) is 0 Å². The molecule has 1 aromatic heterocycles. The molecular weight excluding hydrogens is 370 g/mol. The zero-order valence-electron chi connectivity index (χ0n) is 14.4. The van der Waals surface area contributed by atoms with Gasteiger partial charge in [0, 0.05) is 17.4 Å². The van der Waals surface area contributed by atoms with Crippen molar-refractivity contribution in [3.63, 3.8) is 0 Å². The number of hydrogen-bond donors (Lipinski definition) is 0. The van der Waals surface area contributed by atoms with Crippen LogP contribution in [-0.2, 0) is 25.6 Å². The molecule has 27 heavy (non-hydrogen) atoms. The SMILES string of the molecule is [C-]#[N+]/C(=C/c1cc2cc3c(cc2oc1=O)C#CCCOC3)S(=O)(=O)OCC. The summed E-state index contributed by atoms with van der Waals surface area (Å²) in [6.07, 6.45) is 1.58. The van der Waals surface area contributed by atoms with Gasteiger partial charge in [-0.3, -0.25) is 4.18 Å². The van der Waals surface area contributed by atoms with Gasteiger partial charge in [-0.05, 0) is 36.8 Å². The van der Waals surface area contributed by atoms with Crippen molar-refractivity contribution >= 4 is 27.2 Å². The maximum atomic E-state index is 12.2. The molecule has 1 aromatic carbocycles. The quantitative estimate of drug-likeness (QED) is 0.348. The topological polar surface area (TPSA) is 87.2 Å². The number of hydrogen-bond acceptors (Lipinski definition) is 6. The lowest BCUT2D eigenvalue weighted by atomic mass is 10.0. The van der Waals surface area contributed by atoms with Gasteiger partial charge in [0.25, 0.3) is 0 Å². The highest BCUT2D eigenvalue weighted by molar-refractivity contribution is 7.91. The molecule has 0 spiro atoms. The van der Waals surface area contributed by atoms with Gasteiger partial charge in [0.05, 0.1) is 32.0 Å². The molecule has 0 saturated carbocycles. The molecule has 7 nitrogen and oxygen atoms in total. The van der Waals surface area contributed by atoms with Gasteiger partial charge in [-0.1, -0.05) is 11.8 Å². The Morgan fingerprint density at radius 1 is 1.41 bits per heavy atom. The first kappa shape index (κ1) is 18.9. The summed E-state index contributed by atoms with van der Waals surface area (Å²) < 4.78 is 39.3. The molecule has 0 radical (unpaired) electrons. The second kappa shape index (κ2) is 7.77. The Hall–Kier alpha value is -2.91. The second-order valence-corrected chi connectivity index (χ2v) is 7.16. The van der Waals surface area contributed by atoms with Crippen LogP contribution >= 0.6 is 0 Å². The summed E-state index contributed by atoms with van der Waals surface area (Å²) in [5.74, 6) is 6.01. The Morgan fingerprint density at radius 3 is 2.96 bits per heavy atom. The molecule has 0 amide bonds. The fourth-order valence-electron chi connectivity index (χ4n) is 2.54. The number of benzene rings is 1. The molecule has 1 aliphatic heterocycles. The summed E-state index contributed by atoms with van der Waals surface area (Å²) in [5, 5.41) is -0.111. The van der Waals surface area contributed by atoms with Crippen LogP contribution < -0.4 is 5.63 Å². The van der Waals surface area contributed by atoms with Gasteiger partial charge in [-0.2, -0.15) is 0 Å². The van der Waals surface area contributed by atoms with E-state index in [9.17, 15) is 13.2 Å². The maximum Gasteiger partial charge on any atom is 0.342 e. The van der Waals surface area contributed by atoms with Gasteiger partial charge >= 0.3 is 20.8 Å². The van der Waals surface area contributed by atoms with Crippen LogP contribution in [0.3, 0.4) is 0 Å². The van der Waals surface area contributed by atoms with Crippen LogP contribution in [0.2, 0.25) is 0 Å². The zero-order valence-corrected chi connectivity index (χ0v) is 15.3. The lowest BCUT2D eigenvalue weighted by Crippen LogP contribution is -2.09. The number of ether oxygens (including phenoxy) is 1. The molecule has 2 heterocycles. The fraction of sp³-hybridized carbons (Fsp3) is 0.263. The Morgan fingerprint density at radius 2 is 2.22 bits per heavy atom. The molecule has 0 bridgehead atoms. The van der Waals surface area contributed by atoms with Gasteiger partial charge in [0.2, 0.25) is 0 Å². The fourth-order valence-corrected chi connectivity index (χ4v) is 3.35. The number of rotatable bonds is 4. The van der Waals surface area contributed by atoms with E-state index in [1.54, 1.807) is 12.1 Å². The van der Waals surface area contributed by atoms with E-state index in [0.717, 1.165) is 17.2 Å². The molecule has 0 atom stereocenters. The first-order chi connectivity index (χ1) is 12.9. The predicted molar refractivity (Wildman–Crippen MR) is 98.8 cm³/mol. The Labute approximate surface area is 156 Å². The average Bonchev–Trinajstić information content (AvgIpc) is 2.60. The molecule has 2 aromatic rings. The first-order valence-electron chi connectivity index (χ1n) is 8.10. The van der Waals surface area contributed by atoms with Gasteiger partial charge < -0.3 is 9.15 Å². The van der Waals surface area contributed by atoms with E-state index < -0.39 is 20.8 Å². The van der Waals surface area contributed by atoms with Gasteiger partial charge in [-0.25, -0.2) is 18.1 Å². The second-order valence-electron chi connectivity index (χ2n) is 5.60. The Bertz CT molecular complexity index is 1190. The van der Waals surface area contributed by atoms with E-state index in [1.165, 1.54) is 13.0 Å². The van der Waals surface area contributed by atoms with Crippen molar-refractivity contribution in [2.45, 2.75) is 20.0 Å². The maximum absolute atomic E-state index is 12.2. The molecule has 0 unspecified atom stereocenters. The molecule has 8 heteroatoms. The minimum absolute atomic E-state index is 0.0606. The van der Waals surface area contributed by atoms with Gasteiger partial charge in [0.1, 0.15) is 5.58 Å². The van der Waals surface area contributed by atoms with Crippen molar-refractivity contribution < 1.29 is 21.8 Å². The first-order valence-corrected chi connectivity index (χ1v) is 9.51. The van der Waals surface area contributed by atoms with E-state index in [4.69, 9.17) is 15.7 Å². The molecule has 138 valence electrons. The normalized spacial score (nSPS) is 14.4. The lowest BCUT2D eigenvalue weighted by Gasteiger charge is -2.10. The van der Waals surface area contributed by atoms with E-state index in [0.29, 0.717) is 30.6 Å². The zero-order chi connectivity index (χ0) is 19.4. The van der Waals surface area contributed by atoms with Crippen molar-refractivity contribution in [2.75, 3.05) is 13.2 Å². The van der Waals surface area contributed by atoms with Crippen LogP contribution in [0.4, 0.5) is 0 Å². The van der Waals surface area contributed by atoms with Crippen molar-refractivity contribution in [3.05, 3.63) is 61.8 Å². The van der Waals surface area contributed by atoms with Crippen LogP contribution in [0, 0.1) is 18.4 Å². The molecule has 3 rings (SSSR count). The molecule has 0 fully saturated rings. The average molecular weight is 385 g/mol. The summed E-state index contributed by atoms with van der Waals surface area (Å²) in [6, 6.07) is 4.91.